The summed E-state index contributed by atoms with van der Waals surface area (Å²) in [5.41, 5.74) is -1.65. The van der Waals surface area contributed by atoms with Crippen molar-refractivity contribution in [3.63, 3.8) is 0 Å². The first-order valence-corrected chi connectivity index (χ1v) is 5.17. The third-order valence-electron chi connectivity index (χ3n) is 2.12. The van der Waals surface area contributed by atoms with E-state index >= 15 is 0 Å². The fourth-order valence-corrected chi connectivity index (χ4v) is 1.28. The number of alkyl carbamates (subject to hydrolysis) is 1. The van der Waals surface area contributed by atoms with E-state index in [9.17, 15) is 9.18 Å². The normalized spacial score (nSPS) is 19.2. The summed E-state index contributed by atoms with van der Waals surface area (Å²) in [6, 6.07) is 0. The molecule has 1 rings (SSSR count). The minimum absolute atomic E-state index is 0.313. The van der Waals surface area contributed by atoms with Gasteiger partial charge in [-0.05, 0) is 20.8 Å². The number of amides is 1. The standard InChI is InChI=1S/C10H19FN2O2/c1-9(2,3)15-8(14)13-5-4-10(11)6-12-7-10/h12H,4-7H2,1-3H3,(H,13,14). The van der Waals surface area contributed by atoms with Gasteiger partial charge >= 0.3 is 6.09 Å². The van der Waals surface area contributed by atoms with E-state index in [1.807, 2.05) is 0 Å². The summed E-state index contributed by atoms with van der Waals surface area (Å²) >= 11 is 0. The maximum absolute atomic E-state index is 13.4. The molecule has 0 atom stereocenters. The van der Waals surface area contributed by atoms with E-state index in [-0.39, 0.29) is 0 Å². The number of halogens is 1. The van der Waals surface area contributed by atoms with Gasteiger partial charge in [0.15, 0.2) is 0 Å². The molecule has 1 aliphatic heterocycles. The minimum atomic E-state index is -1.14. The summed E-state index contributed by atoms with van der Waals surface area (Å²) in [5, 5.41) is 5.39. The molecule has 0 aromatic heterocycles. The number of carbonyl (C=O) groups is 1. The van der Waals surface area contributed by atoms with Crippen LogP contribution in [0.5, 0.6) is 0 Å². The van der Waals surface area contributed by atoms with E-state index < -0.39 is 17.4 Å². The molecule has 1 heterocycles. The molecule has 1 amide bonds. The largest absolute Gasteiger partial charge is 0.444 e. The molecule has 0 spiro atoms. The van der Waals surface area contributed by atoms with Crippen molar-refractivity contribution in [2.24, 2.45) is 0 Å². The molecule has 0 aliphatic carbocycles. The number of ether oxygens (including phenoxy) is 1. The van der Waals surface area contributed by atoms with Crippen LogP contribution >= 0.6 is 0 Å². The minimum Gasteiger partial charge on any atom is -0.444 e. The smallest absolute Gasteiger partial charge is 0.407 e. The van der Waals surface area contributed by atoms with Crippen molar-refractivity contribution in [2.75, 3.05) is 19.6 Å². The van der Waals surface area contributed by atoms with Crippen molar-refractivity contribution in [2.45, 2.75) is 38.5 Å². The summed E-state index contributed by atoms with van der Waals surface area (Å²) in [4.78, 5) is 11.2. The first-order chi connectivity index (χ1) is 6.81. The van der Waals surface area contributed by atoms with E-state index in [0.29, 0.717) is 26.1 Å². The van der Waals surface area contributed by atoms with Gasteiger partial charge in [-0.15, -0.1) is 0 Å². The molecule has 0 radical (unpaired) electrons. The molecule has 88 valence electrons. The average molecular weight is 218 g/mol. The molecular weight excluding hydrogens is 199 g/mol. The second kappa shape index (κ2) is 4.35. The topological polar surface area (TPSA) is 50.4 Å². The van der Waals surface area contributed by atoms with Gasteiger partial charge in [0.05, 0.1) is 0 Å². The van der Waals surface area contributed by atoms with Crippen LogP contribution in [0.15, 0.2) is 0 Å². The molecule has 0 saturated carbocycles. The highest BCUT2D eigenvalue weighted by Crippen LogP contribution is 2.19. The summed E-state index contributed by atoms with van der Waals surface area (Å²) in [6.07, 6.45) is -0.155. The number of hydrogen-bond acceptors (Lipinski definition) is 3. The van der Waals surface area contributed by atoms with Crippen molar-refractivity contribution in [1.29, 1.82) is 0 Å². The second-order valence-corrected chi connectivity index (χ2v) is 4.93. The molecule has 0 aromatic rings. The van der Waals surface area contributed by atoms with E-state index in [1.165, 1.54) is 0 Å². The zero-order chi connectivity index (χ0) is 11.5. The highest BCUT2D eigenvalue weighted by molar-refractivity contribution is 5.67. The zero-order valence-electron chi connectivity index (χ0n) is 9.52. The number of alkyl halides is 1. The lowest BCUT2D eigenvalue weighted by Crippen LogP contribution is -2.57. The summed E-state index contributed by atoms with van der Waals surface area (Å²) in [5.74, 6) is 0. The van der Waals surface area contributed by atoms with Crippen LogP contribution in [0.1, 0.15) is 27.2 Å². The maximum atomic E-state index is 13.4. The Morgan fingerprint density at radius 3 is 2.53 bits per heavy atom. The Morgan fingerprint density at radius 2 is 2.13 bits per heavy atom. The van der Waals surface area contributed by atoms with Crippen LogP contribution in [0.4, 0.5) is 9.18 Å². The Morgan fingerprint density at radius 1 is 1.53 bits per heavy atom. The van der Waals surface area contributed by atoms with E-state index in [4.69, 9.17) is 4.74 Å². The third kappa shape index (κ3) is 4.46. The zero-order valence-corrected chi connectivity index (χ0v) is 9.52. The Kier molecular flexibility index (Phi) is 3.54. The van der Waals surface area contributed by atoms with Gasteiger partial charge in [-0.3, -0.25) is 0 Å². The molecule has 1 saturated heterocycles. The second-order valence-electron chi connectivity index (χ2n) is 4.93. The molecule has 4 nitrogen and oxygen atoms in total. The lowest BCUT2D eigenvalue weighted by molar-refractivity contribution is 0.0484. The van der Waals surface area contributed by atoms with Crippen LogP contribution in [0.25, 0.3) is 0 Å². The van der Waals surface area contributed by atoms with Gasteiger partial charge in [-0.25, -0.2) is 9.18 Å². The average Bonchev–Trinajstić information content (AvgIpc) is 1.97. The lowest BCUT2D eigenvalue weighted by Gasteiger charge is -2.34. The predicted octanol–water partition coefficient (Wildman–Crippen LogP) is 1.21. The van der Waals surface area contributed by atoms with Crippen LogP contribution in [-0.4, -0.2) is 37.0 Å². The molecule has 0 aromatic carbocycles. The molecule has 0 bridgehead atoms. The van der Waals surface area contributed by atoms with Crippen molar-refractivity contribution in [3.8, 4) is 0 Å². The van der Waals surface area contributed by atoms with E-state index in [0.717, 1.165) is 0 Å². The maximum Gasteiger partial charge on any atom is 0.407 e. The van der Waals surface area contributed by atoms with Crippen molar-refractivity contribution >= 4 is 6.09 Å². The Bertz CT molecular complexity index is 234. The predicted molar refractivity (Wildman–Crippen MR) is 55.6 cm³/mol. The summed E-state index contributed by atoms with van der Waals surface area (Å²) in [7, 11) is 0. The molecule has 2 N–H and O–H groups in total. The quantitative estimate of drug-likeness (QED) is 0.748. The van der Waals surface area contributed by atoms with E-state index in [2.05, 4.69) is 10.6 Å². The van der Waals surface area contributed by atoms with Crippen molar-refractivity contribution in [1.82, 2.24) is 10.6 Å². The van der Waals surface area contributed by atoms with Gasteiger partial charge in [0.25, 0.3) is 0 Å². The molecule has 1 fully saturated rings. The first kappa shape index (κ1) is 12.2. The van der Waals surface area contributed by atoms with Crippen LogP contribution in [0.2, 0.25) is 0 Å². The third-order valence-corrected chi connectivity index (χ3v) is 2.12. The number of nitrogens with one attached hydrogen (secondary N) is 2. The van der Waals surface area contributed by atoms with Gasteiger partial charge in [0.1, 0.15) is 11.3 Å². The van der Waals surface area contributed by atoms with Gasteiger partial charge < -0.3 is 15.4 Å². The fourth-order valence-electron chi connectivity index (χ4n) is 1.28. The number of carbonyl (C=O) groups excluding carboxylic acids is 1. The van der Waals surface area contributed by atoms with Crippen LogP contribution in [0.3, 0.4) is 0 Å². The van der Waals surface area contributed by atoms with Crippen LogP contribution in [-0.2, 0) is 4.74 Å². The highest BCUT2D eigenvalue weighted by atomic mass is 19.1. The summed E-state index contributed by atoms with van der Waals surface area (Å²) < 4.78 is 18.5. The van der Waals surface area contributed by atoms with Crippen molar-refractivity contribution in [3.05, 3.63) is 0 Å². The highest BCUT2D eigenvalue weighted by Gasteiger charge is 2.36. The number of hydrogen-bond donors (Lipinski definition) is 2. The van der Waals surface area contributed by atoms with E-state index in [1.54, 1.807) is 20.8 Å². The van der Waals surface area contributed by atoms with Gasteiger partial charge in [0, 0.05) is 26.1 Å². The molecule has 1 aliphatic rings. The summed E-state index contributed by atoms with van der Waals surface area (Å²) in [6.45, 7) is 6.44. The van der Waals surface area contributed by atoms with Gasteiger partial charge in [-0.2, -0.15) is 0 Å². The fraction of sp³-hybridized carbons (Fsp3) is 0.900. The Balaban J connectivity index is 2.12. The lowest BCUT2D eigenvalue weighted by atomic mass is 9.95. The SMILES string of the molecule is CC(C)(C)OC(=O)NCCC1(F)CNC1. The number of rotatable bonds is 3. The Labute approximate surface area is 89.6 Å². The van der Waals surface area contributed by atoms with Gasteiger partial charge in [0.2, 0.25) is 0 Å². The molecule has 15 heavy (non-hydrogen) atoms. The van der Waals surface area contributed by atoms with Crippen LogP contribution < -0.4 is 10.6 Å². The monoisotopic (exact) mass is 218 g/mol. The molecular formula is C10H19FN2O2. The Hall–Kier alpha value is -0.840. The molecule has 5 heteroatoms. The molecule has 0 unspecified atom stereocenters. The van der Waals surface area contributed by atoms with Crippen molar-refractivity contribution < 1.29 is 13.9 Å². The first-order valence-electron chi connectivity index (χ1n) is 5.17. The van der Waals surface area contributed by atoms with Gasteiger partial charge in [-0.1, -0.05) is 0 Å². The van der Waals surface area contributed by atoms with Crippen LogP contribution in [0, 0.1) is 0 Å².